The smallest absolute Gasteiger partial charge is 0.258 e. The summed E-state index contributed by atoms with van der Waals surface area (Å²) >= 11 is 0. The van der Waals surface area contributed by atoms with Crippen molar-refractivity contribution in [2.75, 3.05) is 46.6 Å². The highest BCUT2D eigenvalue weighted by Gasteiger charge is 2.23. The molecule has 3 rings (SSSR count). The highest BCUT2D eigenvalue weighted by atomic mass is 19.1. The summed E-state index contributed by atoms with van der Waals surface area (Å²) in [6, 6.07) is 13.5. The Bertz CT molecular complexity index is 763. The number of halogens is 1. The normalized spacial score (nSPS) is 15.6. The lowest BCUT2D eigenvalue weighted by Crippen LogP contribution is -2.44. The number of hydrogen-bond donors (Lipinski definition) is 1. The van der Waals surface area contributed by atoms with E-state index in [-0.39, 0.29) is 24.4 Å². The van der Waals surface area contributed by atoms with E-state index in [0.29, 0.717) is 31.3 Å². The van der Waals surface area contributed by atoms with Crippen LogP contribution in [0.2, 0.25) is 0 Å². The van der Waals surface area contributed by atoms with Crippen molar-refractivity contribution in [1.82, 2.24) is 10.2 Å². The zero-order valence-corrected chi connectivity index (χ0v) is 15.9. The molecule has 2 aromatic carbocycles. The van der Waals surface area contributed by atoms with Crippen molar-refractivity contribution in [2.24, 2.45) is 0 Å². The Morgan fingerprint density at radius 3 is 2.50 bits per heavy atom. The van der Waals surface area contributed by atoms with Gasteiger partial charge in [0, 0.05) is 19.6 Å². The fraction of sp³-hybridized carbons (Fsp3) is 0.381. The van der Waals surface area contributed by atoms with Gasteiger partial charge in [0.05, 0.1) is 26.4 Å². The predicted octanol–water partition coefficient (Wildman–Crippen LogP) is 2.40. The van der Waals surface area contributed by atoms with Crippen LogP contribution in [0.1, 0.15) is 11.6 Å². The standard InChI is InChI=1S/C21H25FN2O4/c1-26-19-4-2-3-5-20(19)28-15-21(25)23-14-18(24-10-12-27-13-11-24)16-6-8-17(22)9-7-16/h2-9,18H,10-15H2,1H3,(H,23,25)/t18-/m0/s1. The van der Waals surface area contributed by atoms with Crippen molar-refractivity contribution < 1.29 is 23.4 Å². The molecule has 1 aliphatic rings. The summed E-state index contributed by atoms with van der Waals surface area (Å²) in [6.07, 6.45) is 0. The topological polar surface area (TPSA) is 60.0 Å². The van der Waals surface area contributed by atoms with Crippen molar-refractivity contribution in [2.45, 2.75) is 6.04 Å². The molecule has 1 atom stereocenters. The lowest BCUT2D eigenvalue weighted by Gasteiger charge is -2.35. The fourth-order valence-electron chi connectivity index (χ4n) is 3.17. The minimum atomic E-state index is -0.279. The minimum absolute atomic E-state index is 0.0558. The molecule has 0 saturated carbocycles. The SMILES string of the molecule is COc1ccccc1OCC(=O)NC[C@@H](c1ccc(F)cc1)N1CCOCC1. The summed E-state index contributed by atoms with van der Waals surface area (Å²) in [6.45, 7) is 3.09. The average molecular weight is 388 g/mol. The number of nitrogens with one attached hydrogen (secondary N) is 1. The van der Waals surface area contributed by atoms with E-state index in [1.54, 1.807) is 31.4 Å². The molecule has 0 spiro atoms. The number of hydrogen-bond acceptors (Lipinski definition) is 5. The van der Waals surface area contributed by atoms with Crippen molar-refractivity contribution >= 4 is 5.91 Å². The van der Waals surface area contributed by atoms with E-state index >= 15 is 0 Å². The molecule has 0 bridgehead atoms. The molecule has 1 saturated heterocycles. The quantitative estimate of drug-likeness (QED) is 0.753. The van der Waals surface area contributed by atoms with E-state index < -0.39 is 0 Å². The third-order valence-corrected chi connectivity index (χ3v) is 4.66. The van der Waals surface area contributed by atoms with Gasteiger partial charge in [-0.25, -0.2) is 4.39 Å². The third kappa shape index (κ3) is 5.43. The average Bonchev–Trinajstić information content (AvgIpc) is 2.74. The molecule has 2 aromatic rings. The third-order valence-electron chi connectivity index (χ3n) is 4.66. The van der Waals surface area contributed by atoms with Crippen LogP contribution in [0.5, 0.6) is 11.5 Å². The van der Waals surface area contributed by atoms with E-state index in [1.165, 1.54) is 12.1 Å². The molecule has 0 radical (unpaired) electrons. The maximum Gasteiger partial charge on any atom is 0.258 e. The number of benzene rings is 2. The summed E-state index contributed by atoms with van der Waals surface area (Å²) < 4.78 is 29.5. The van der Waals surface area contributed by atoms with Crippen LogP contribution in [0.25, 0.3) is 0 Å². The van der Waals surface area contributed by atoms with E-state index in [1.807, 2.05) is 12.1 Å². The minimum Gasteiger partial charge on any atom is -0.493 e. The molecule has 28 heavy (non-hydrogen) atoms. The van der Waals surface area contributed by atoms with Crippen LogP contribution in [0, 0.1) is 5.82 Å². The first kappa shape index (κ1) is 20.1. The molecule has 1 fully saturated rings. The van der Waals surface area contributed by atoms with Gasteiger partial charge >= 0.3 is 0 Å². The second-order valence-electron chi connectivity index (χ2n) is 6.46. The Balaban J connectivity index is 1.59. The molecule has 1 amide bonds. The Morgan fingerprint density at radius 1 is 1.14 bits per heavy atom. The molecule has 0 unspecified atom stereocenters. The number of ether oxygens (including phenoxy) is 3. The summed E-state index contributed by atoms with van der Waals surface area (Å²) in [4.78, 5) is 14.5. The van der Waals surface area contributed by atoms with Gasteiger partial charge in [-0.3, -0.25) is 9.69 Å². The number of methoxy groups -OCH3 is 1. The Hall–Kier alpha value is -2.64. The Labute approximate surface area is 164 Å². The molecule has 1 aliphatic heterocycles. The number of para-hydroxylation sites is 2. The summed E-state index contributed by atoms with van der Waals surface area (Å²) in [7, 11) is 1.55. The molecule has 6 nitrogen and oxygen atoms in total. The van der Waals surface area contributed by atoms with E-state index in [9.17, 15) is 9.18 Å². The van der Waals surface area contributed by atoms with Gasteiger partial charge in [-0.1, -0.05) is 24.3 Å². The molecule has 0 aliphatic carbocycles. The maximum absolute atomic E-state index is 13.3. The number of nitrogens with zero attached hydrogens (tertiary/aromatic N) is 1. The van der Waals surface area contributed by atoms with Gasteiger partial charge in [0.2, 0.25) is 0 Å². The first-order valence-electron chi connectivity index (χ1n) is 9.27. The highest BCUT2D eigenvalue weighted by molar-refractivity contribution is 5.77. The number of amides is 1. The second-order valence-corrected chi connectivity index (χ2v) is 6.46. The summed E-state index contributed by atoms with van der Waals surface area (Å²) in [5.74, 6) is 0.584. The highest BCUT2D eigenvalue weighted by Crippen LogP contribution is 2.25. The van der Waals surface area contributed by atoms with Crippen LogP contribution in [0.3, 0.4) is 0 Å². The summed E-state index contributed by atoms with van der Waals surface area (Å²) in [5.41, 5.74) is 0.953. The molecule has 1 N–H and O–H groups in total. The number of morpholine rings is 1. The van der Waals surface area contributed by atoms with Crippen molar-refractivity contribution in [1.29, 1.82) is 0 Å². The first-order chi connectivity index (χ1) is 13.7. The second kappa shape index (κ2) is 10.1. The molecule has 150 valence electrons. The van der Waals surface area contributed by atoms with Gasteiger partial charge in [0.15, 0.2) is 18.1 Å². The molecule has 0 aromatic heterocycles. The number of rotatable bonds is 8. The van der Waals surface area contributed by atoms with Gasteiger partial charge in [-0.05, 0) is 29.8 Å². The van der Waals surface area contributed by atoms with Crippen molar-refractivity contribution in [3.05, 3.63) is 59.9 Å². The van der Waals surface area contributed by atoms with Gasteiger partial charge in [-0.15, -0.1) is 0 Å². The van der Waals surface area contributed by atoms with Crippen LogP contribution in [-0.2, 0) is 9.53 Å². The monoisotopic (exact) mass is 388 g/mol. The zero-order valence-electron chi connectivity index (χ0n) is 15.9. The molecular formula is C21H25FN2O4. The van der Waals surface area contributed by atoms with Crippen LogP contribution in [0.15, 0.2) is 48.5 Å². The Kier molecular flexibility index (Phi) is 7.22. The first-order valence-corrected chi connectivity index (χ1v) is 9.27. The predicted molar refractivity (Wildman–Crippen MR) is 103 cm³/mol. The molecule has 7 heteroatoms. The molecular weight excluding hydrogens is 363 g/mol. The Morgan fingerprint density at radius 2 is 1.82 bits per heavy atom. The number of carbonyl (C=O) groups excluding carboxylic acids is 1. The largest absolute Gasteiger partial charge is 0.493 e. The van der Waals surface area contributed by atoms with Crippen LogP contribution >= 0.6 is 0 Å². The summed E-state index contributed by atoms with van der Waals surface area (Å²) in [5, 5.41) is 2.92. The lowest BCUT2D eigenvalue weighted by molar-refractivity contribution is -0.123. The van der Waals surface area contributed by atoms with Gasteiger partial charge in [0.25, 0.3) is 5.91 Å². The zero-order chi connectivity index (χ0) is 19.8. The maximum atomic E-state index is 13.3. The number of carbonyl (C=O) groups is 1. The van der Waals surface area contributed by atoms with E-state index in [0.717, 1.165) is 18.7 Å². The van der Waals surface area contributed by atoms with Gasteiger partial charge in [0.1, 0.15) is 5.82 Å². The van der Waals surface area contributed by atoms with Crippen LogP contribution in [-0.4, -0.2) is 57.4 Å². The van der Waals surface area contributed by atoms with Crippen LogP contribution < -0.4 is 14.8 Å². The molecule has 1 heterocycles. The van der Waals surface area contributed by atoms with Gasteiger partial charge < -0.3 is 19.5 Å². The van der Waals surface area contributed by atoms with Crippen molar-refractivity contribution in [3.63, 3.8) is 0 Å². The van der Waals surface area contributed by atoms with Gasteiger partial charge in [-0.2, -0.15) is 0 Å². The van der Waals surface area contributed by atoms with E-state index in [2.05, 4.69) is 10.2 Å². The fourth-order valence-corrected chi connectivity index (χ4v) is 3.17. The van der Waals surface area contributed by atoms with Crippen molar-refractivity contribution in [3.8, 4) is 11.5 Å². The van der Waals surface area contributed by atoms with E-state index in [4.69, 9.17) is 14.2 Å². The lowest BCUT2D eigenvalue weighted by atomic mass is 10.0. The van der Waals surface area contributed by atoms with Crippen LogP contribution in [0.4, 0.5) is 4.39 Å².